The van der Waals surface area contributed by atoms with Crippen molar-refractivity contribution in [2.45, 2.75) is 5.22 Å². The van der Waals surface area contributed by atoms with E-state index >= 15 is 0 Å². The standard InChI is InChI=1S/C27H23Br2N5O3S/c28-20-5-1-18(2-6-20)25-31-32-27(37-25)38-17-24(35)30-22-9-11-23(12-10-22)33-13-15-34(16-14-33)26(36)19-3-7-21(29)8-4-19/h1-12H,13-17H2,(H,30,35). The summed E-state index contributed by atoms with van der Waals surface area (Å²) in [5, 5.41) is 11.3. The number of nitrogens with zero attached hydrogens (tertiary/aromatic N) is 4. The van der Waals surface area contributed by atoms with Crippen LogP contribution < -0.4 is 10.2 Å². The summed E-state index contributed by atoms with van der Waals surface area (Å²) in [5.74, 6) is 0.455. The molecule has 11 heteroatoms. The van der Waals surface area contributed by atoms with E-state index in [1.807, 2.05) is 77.7 Å². The average Bonchev–Trinajstić information content (AvgIpc) is 3.42. The zero-order valence-corrected chi connectivity index (χ0v) is 24.1. The number of hydrogen-bond acceptors (Lipinski definition) is 7. The van der Waals surface area contributed by atoms with Gasteiger partial charge in [0.2, 0.25) is 11.8 Å². The van der Waals surface area contributed by atoms with E-state index in [0.29, 0.717) is 35.5 Å². The molecule has 0 unspecified atom stereocenters. The summed E-state index contributed by atoms with van der Waals surface area (Å²) in [4.78, 5) is 29.3. The van der Waals surface area contributed by atoms with Crippen LogP contribution in [0.3, 0.4) is 0 Å². The normalized spacial score (nSPS) is 13.4. The number of thioether (sulfide) groups is 1. The van der Waals surface area contributed by atoms with E-state index in [2.05, 4.69) is 52.3 Å². The fourth-order valence-corrected chi connectivity index (χ4v) is 5.09. The Morgan fingerprint density at radius 3 is 2.13 bits per heavy atom. The number of benzene rings is 3. The molecule has 194 valence electrons. The van der Waals surface area contributed by atoms with Crippen molar-refractivity contribution in [1.82, 2.24) is 15.1 Å². The molecule has 1 aliphatic rings. The van der Waals surface area contributed by atoms with Gasteiger partial charge in [-0.15, -0.1) is 10.2 Å². The smallest absolute Gasteiger partial charge is 0.277 e. The van der Waals surface area contributed by atoms with E-state index in [1.54, 1.807) is 0 Å². The first-order chi connectivity index (χ1) is 18.4. The van der Waals surface area contributed by atoms with E-state index < -0.39 is 0 Å². The maximum absolute atomic E-state index is 12.8. The zero-order valence-electron chi connectivity index (χ0n) is 20.1. The minimum atomic E-state index is -0.161. The van der Waals surface area contributed by atoms with Crippen molar-refractivity contribution < 1.29 is 14.0 Å². The Morgan fingerprint density at radius 2 is 1.47 bits per heavy atom. The first-order valence-corrected chi connectivity index (χ1v) is 14.4. The number of aromatic nitrogens is 2. The van der Waals surface area contributed by atoms with Gasteiger partial charge >= 0.3 is 0 Å². The lowest BCUT2D eigenvalue weighted by molar-refractivity contribution is -0.113. The first kappa shape index (κ1) is 26.5. The highest BCUT2D eigenvalue weighted by Gasteiger charge is 2.22. The second-order valence-corrected chi connectivity index (χ2v) is 11.3. The molecule has 0 aliphatic carbocycles. The molecule has 8 nitrogen and oxygen atoms in total. The summed E-state index contributed by atoms with van der Waals surface area (Å²) in [7, 11) is 0. The Labute approximate surface area is 241 Å². The van der Waals surface area contributed by atoms with Gasteiger partial charge in [0.1, 0.15) is 0 Å². The van der Waals surface area contributed by atoms with Crippen LogP contribution in [-0.4, -0.2) is 58.8 Å². The van der Waals surface area contributed by atoms with Crippen molar-refractivity contribution in [3.05, 3.63) is 87.3 Å². The van der Waals surface area contributed by atoms with Crippen LogP contribution in [0.4, 0.5) is 11.4 Å². The van der Waals surface area contributed by atoms with Crippen LogP contribution >= 0.6 is 43.6 Å². The van der Waals surface area contributed by atoms with Crippen molar-refractivity contribution in [3.63, 3.8) is 0 Å². The molecule has 2 amide bonds. The molecule has 2 heterocycles. The molecule has 0 bridgehead atoms. The highest BCUT2D eigenvalue weighted by Crippen LogP contribution is 2.25. The number of piperazine rings is 1. The number of hydrogen-bond donors (Lipinski definition) is 1. The number of nitrogens with one attached hydrogen (secondary N) is 1. The number of halogens is 2. The lowest BCUT2D eigenvalue weighted by atomic mass is 10.1. The molecule has 38 heavy (non-hydrogen) atoms. The molecule has 0 radical (unpaired) electrons. The molecule has 1 aromatic heterocycles. The van der Waals surface area contributed by atoms with Gasteiger partial charge in [-0.3, -0.25) is 9.59 Å². The molecular weight excluding hydrogens is 634 g/mol. The maximum atomic E-state index is 12.8. The molecular formula is C27H23Br2N5O3S. The lowest BCUT2D eigenvalue weighted by Crippen LogP contribution is -2.48. The summed E-state index contributed by atoms with van der Waals surface area (Å²) < 4.78 is 7.58. The van der Waals surface area contributed by atoms with Gasteiger partial charge in [0.05, 0.1) is 5.75 Å². The van der Waals surface area contributed by atoms with Crippen molar-refractivity contribution in [2.24, 2.45) is 0 Å². The van der Waals surface area contributed by atoms with Crippen LogP contribution in [0.1, 0.15) is 10.4 Å². The number of anilines is 2. The van der Waals surface area contributed by atoms with E-state index in [4.69, 9.17) is 4.42 Å². The zero-order chi connectivity index (χ0) is 26.5. The largest absolute Gasteiger partial charge is 0.411 e. The third-order valence-electron chi connectivity index (χ3n) is 6.00. The first-order valence-electron chi connectivity index (χ1n) is 11.9. The number of rotatable bonds is 7. The Morgan fingerprint density at radius 1 is 0.842 bits per heavy atom. The predicted octanol–water partition coefficient (Wildman–Crippen LogP) is 5.95. The lowest BCUT2D eigenvalue weighted by Gasteiger charge is -2.36. The van der Waals surface area contributed by atoms with E-state index in [-0.39, 0.29) is 17.6 Å². The van der Waals surface area contributed by atoms with Crippen LogP contribution in [0.5, 0.6) is 0 Å². The van der Waals surface area contributed by atoms with Crippen LogP contribution in [0, 0.1) is 0 Å². The molecule has 3 aromatic carbocycles. The van der Waals surface area contributed by atoms with Crippen molar-refractivity contribution in [3.8, 4) is 11.5 Å². The van der Waals surface area contributed by atoms with Gasteiger partial charge in [0, 0.05) is 57.6 Å². The Balaban J connectivity index is 1.08. The van der Waals surface area contributed by atoms with Gasteiger partial charge in [-0.2, -0.15) is 0 Å². The average molecular weight is 657 g/mol. The monoisotopic (exact) mass is 655 g/mol. The summed E-state index contributed by atoms with van der Waals surface area (Å²) in [6.07, 6.45) is 0. The predicted molar refractivity (Wildman–Crippen MR) is 155 cm³/mol. The molecule has 4 aromatic rings. The van der Waals surface area contributed by atoms with Gasteiger partial charge in [-0.25, -0.2) is 0 Å². The fourth-order valence-electron chi connectivity index (χ4n) is 4.00. The Bertz CT molecular complexity index is 1400. The fraction of sp³-hybridized carbons (Fsp3) is 0.185. The molecule has 0 saturated carbocycles. The highest BCUT2D eigenvalue weighted by molar-refractivity contribution is 9.10. The minimum Gasteiger partial charge on any atom is -0.411 e. The van der Waals surface area contributed by atoms with Gasteiger partial charge < -0.3 is 19.5 Å². The minimum absolute atomic E-state index is 0.0538. The number of carbonyl (C=O) groups is 2. The third kappa shape index (κ3) is 6.64. The summed E-state index contributed by atoms with van der Waals surface area (Å²) in [6, 6.07) is 22.7. The van der Waals surface area contributed by atoms with Gasteiger partial charge in [-0.05, 0) is 72.8 Å². The van der Waals surface area contributed by atoms with Crippen molar-refractivity contribution in [2.75, 3.05) is 42.1 Å². The Hall–Kier alpha value is -3.15. The molecule has 1 fully saturated rings. The van der Waals surface area contributed by atoms with E-state index in [0.717, 1.165) is 33.3 Å². The molecule has 1 saturated heterocycles. The van der Waals surface area contributed by atoms with Crippen molar-refractivity contribution >= 4 is 66.8 Å². The second-order valence-electron chi connectivity index (χ2n) is 8.55. The topological polar surface area (TPSA) is 91.6 Å². The number of carbonyl (C=O) groups excluding carboxylic acids is 2. The molecule has 1 aliphatic heterocycles. The molecule has 0 spiro atoms. The van der Waals surface area contributed by atoms with Crippen molar-refractivity contribution in [1.29, 1.82) is 0 Å². The third-order valence-corrected chi connectivity index (χ3v) is 7.87. The quantitative estimate of drug-likeness (QED) is 0.246. The molecule has 5 rings (SSSR count). The summed E-state index contributed by atoms with van der Waals surface area (Å²) in [6.45, 7) is 2.81. The van der Waals surface area contributed by atoms with E-state index in [1.165, 1.54) is 11.8 Å². The summed E-state index contributed by atoms with van der Waals surface area (Å²) in [5.41, 5.74) is 3.28. The number of amides is 2. The highest BCUT2D eigenvalue weighted by atomic mass is 79.9. The van der Waals surface area contributed by atoms with Crippen LogP contribution in [0.15, 0.2) is 91.4 Å². The van der Waals surface area contributed by atoms with E-state index in [9.17, 15) is 9.59 Å². The van der Waals surface area contributed by atoms with Crippen LogP contribution in [0.25, 0.3) is 11.5 Å². The maximum Gasteiger partial charge on any atom is 0.277 e. The Kier molecular flexibility index (Phi) is 8.45. The SMILES string of the molecule is O=C(CSc1nnc(-c2ccc(Br)cc2)o1)Nc1ccc(N2CCN(C(=O)c3ccc(Br)cc3)CC2)cc1. The summed E-state index contributed by atoms with van der Waals surface area (Å²) >= 11 is 7.99. The second kappa shape index (κ2) is 12.1. The van der Waals surface area contributed by atoms with Gasteiger partial charge in [0.25, 0.3) is 11.1 Å². The van der Waals surface area contributed by atoms with Crippen LogP contribution in [-0.2, 0) is 4.79 Å². The van der Waals surface area contributed by atoms with Gasteiger partial charge in [-0.1, -0.05) is 43.6 Å². The van der Waals surface area contributed by atoms with Gasteiger partial charge in [0.15, 0.2) is 0 Å². The molecule has 0 atom stereocenters. The molecule has 1 N–H and O–H groups in total. The van der Waals surface area contributed by atoms with Crippen LogP contribution in [0.2, 0.25) is 0 Å².